The van der Waals surface area contributed by atoms with Gasteiger partial charge < -0.3 is 9.88 Å². The Labute approximate surface area is 134 Å². The Bertz CT molecular complexity index is 821. The number of rotatable bonds is 6. The molecule has 118 valence electrons. The Morgan fingerprint density at radius 3 is 2.65 bits per heavy atom. The molecular weight excluding hydrogens is 291 g/mol. The fourth-order valence-electron chi connectivity index (χ4n) is 2.74. The predicted octanol–water partition coefficient (Wildman–Crippen LogP) is 3.33. The number of carbonyl (C=O) groups is 1. The molecule has 0 spiro atoms. The van der Waals surface area contributed by atoms with E-state index in [-0.39, 0.29) is 11.6 Å². The minimum Gasteiger partial charge on any atom is -0.350 e. The van der Waals surface area contributed by atoms with Gasteiger partial charge in [-0.15, -0.1) is 0 Å². The molecule has 0 saturated heterocycles. The molecule has 0 bridgehead atoms. The molecule has 1 N–H and O–H groups in total. The molecule has 23 heavy (non-hydrogen) atoms. The summed E-state index contributed by atoms with van der Waals surface area (Å²) in [6, 6.07) is 14.3. The van der Waals surface area contributed by atoms with Gasteiger partial charge in [0.05, 0.1) is 6.54 Å². The number of para-hydroxylation sites is 1. The molecule has 0 radical (unpaired) electrons. The largest absolute Gasteiger partial charge is 0.350 e. The van der Waals surface area contributed by atoms with Gasteiger partial charge in [-0.25, -0.2) is 4.39 Å². The molecule has 3 nitrogen and oxygen atoms in total. The van der Waals surface area contributed by atoms with Crippen molar-refractivity contribution in [2.75, 3.05) is 13.1 Å². The number of benzene rings is 2. The quantitative estimate of drug-likeness (QED) is 0.560. The van der Waals surface area contributed by atoms with Crippen LogP contribution in [-0.2, 0) is 13.5 Å². The number of Topliss-reactive ketones (excluding diaryl/α,β-unsaturated/α-hetero) is 1. The third kappa shape index (κ3) is 3.48. The SMILES string of the molecule is Cn1cc(C(=O)CNCCc2ccc(F)cc2)c2ccccc21. The van der Waals surface area contributed by atoms with Gasteiger partial charge in [0.15, 0.2) is 5.78 Å². The molecule has 0 atom stereocenters. The Balaban J connectivity index is 1.57. The highest BCUT2D eigenvalue weighted by atomic mass is 19.1. The van der Waals surface area contributed by atoms with Gasteiger partial charge in [-0.2, -0.15) is 0 Å². The van der Waals surface area contributed by atoms with E-state index in [9.17, 15) is 9.18 Å². The van der Waals surface area contributed by atoms with Crippen molar-refractivity contribution in [1.29, 1.82) is 0 Å². The number of hydrogen-bond acceptors (Lipinski definition) is 2. The highest BCUT2D eigenvalue weighted by Gasteiger charge is 2.12. The zero-order valence-electron chi connectivity index (χ0n) is 13.1. The third-order valence-electron chi connectivity index (χ3n) is 3.99. The van der Waals surface area contributed by atoms with Crippen molar-refractivity contribution in [3.05, 3.63) is 71.7 Å². The molecule has 3 rings (SSSR count). The number of hydrogen-bond donors (Lipinski definition) is 1. The first-order valence-corrected chi connectivity index (χ1v) is 7.67. The predicted molar refractivity (Wildman–Crippen MR) is 90.2 cm³/mol. The van der Waals surface area contributed by atoms with Crippen LogP contribution < -0.4 is 5.32 Å². The lowest BCUT2D eigenvalue weighted by atomic mass is 10.1. The molecular formula is C19H19FN2O. The Hall–Kier alpha value is -2.46. The van der Waals surface area contributed by atoms with E-state index < -0.39 is 0 Å². The summed E-state index contributed by atoms with van der Waals surface area (Å²) in [5, 5.41) is 4.15. The lowest BCUT2D eigenvalue weighted by Crippen LogP contribution is -2.25. The van der Waals surface area contributed by atoms with Gasteiger partial charge in [0.25, 0.3) is 0 Å². The fourth-order valence-corrected chi connectivity index (χ4v) is 2.74. The lowest BCUT2D eigenvalue weighted by Gasteiger charge is -2.04. The number of carbonyl (C=O) groups excluding carboxylic acids is 1. The molecule has 0 fully saturated rings. The van der Waals surface area contributed by atoms with Gasteiger partial charge in [-0.05, 0) is 36.7 Å². The lowest BCUT2D eigenvalue weighted by molar-refractivity contribution is 0.0993. The summed E-state index contributed by atoms with van der Waals surface area (Å²) >= 11 is 0. The molecule has 3 aromatic rings. The van der Waals surface area contributed by atoms with Crippen molar-refractivity contribution in [3.8, 4) is 0 Å². The maximum absolute atomic E-state index is 12.8. The zero-order chi connectivity index (χ0) is 16.2. The Kier molecular flexibility index (Phi) is 4.53. The number of aryl methyl sites for hydroxylation is 1. The topological polar surface area (TPSA) is 34.0 Å². The van der Waals surface area contributed by atoms with Gasteiger partial charge >= 0.3 is 0 Å². The zero-order valence-corrected chi connectivity index (χ0v) is 13.1. The van der Waals surface area contributed by atoms with Crippen molar-refractivity contribution in [1.82, 2.24) is 9.88 Å². The standard InChI is InChI=1S/C19H19FN2O/c1-22-13-17(16-4-2-3-5-18(16)22)19(23)12-21-11-10-14-6-8-15(20)9-7-14/h2-9,13,21H,10-12H2,1H3. The summed E-state index contributed by atoms with van der Waals surface area (Å²) in [6.45, 7) is 0.983. The number of nitrogens with zero attached hydrogens (tertiary/aromatic N) is 1. The summed E-state index contributed by atoms with van der Waals surface area (Å²) < 4.78 is 14.8. The molecule has 0 amide bonds. The van der Waals surface area contributed by atoms with Crippen LogP contribution in [0.2, 0.25) is 0 Å². The molecule has 4 heteroatoms. The molecule has 2 aromatic carbocycles. The average molecular weight is 310 g/mol. The summed E-state index contributed by atoms with van der Waals surface area (Å²) in [4.78, 5) is 12.4. The van der Waals surface area contributed by atoms with E-state index in [0.29, 0.717) is 13.1 Å². The first-order chi connectivity index (χ1) is 11.1. The average Bonchev–Trinajstić information content (AvgIpc) is 2.91. The van der Waals surface area contributed by atoms with Gasteiger partial charge in [0.2, 0.25) is 0 Å². The number of fused-ring (bicyclic) bond motifs is 1. The van der Waals surface area contributed by atoms with E-state index in [0.717, 1.165) is 28.5 Å². The molecule has 1 aromatic heterocycles. The van der Waals surface area contributed by atoms with Crippen LogP contribution in [0.25, 0.3) is 10.9 Å². The van der Waals surface area contributed by atoms with Crippen molar-refractivity contribution in [2.24, 2.45) is 7.05 Å². The van der Waals surface area contributed by atoms with Gasteiger partial charge in [0.1, 0.15) is 5.82 Å². The number of ketones is 1. The highest BCUT2D eigenvalue weighted by Crippen LogP contribution is 2.20. The molecule has 1 heterocycles. The number of aromatic nitrogens is 1. The van der Waals surface area contributed by atoms with Crippen LogP contribution in [0.15, 0.2) is 54.7 Å². The maximum atomic E-state index is 12.8. The van der Waals surface area contributed by atoms with Crippen LogP contribution in [0.3, 0.4) is 0 Å². The van der Waals surface area contributed by atoms with E-state index in [1.54, 1.807) is 12.1 Å². The molecule has 0 aliphatic heterocycles. The van der Waals surface area contributed by atoms with E-state index >= 15 is 0 Å². The van der Waals surface area contributed by atoms with Crippen molar-refractivity contribution in [3.63, 3.8) is 0 Å². The molecule has 0 aliphatic rings. The first kappa shape index (κ1) is 15.4. The minimum absolute atomic E-state index is 0.0842. The minimum atomic E-state index is -0.229. The normalized spacial score (nSPS) is 11.0. The van der Waals surface area contributed by atoms with E-state index in [2.05, 4.69) is 5.32 Å². The molecule has 0 unspecified atom stereocenters. The summed E-state index contributed by atoms with van der Waals surface area (Å²) in [5.74, 6) is -0.145. The maximum Gasteiger partial charge on any atom is 0.178 e. The summed E-state index contributed by atoms with van der Waals surface area (Å²) in [5.41, 5.74) is 2.86. The van der Waals surface area contributed by atoms with Crippen LogP contribution in [0.5, 0.6) is 0 Å². The number of halogens is 1. The highest BCUT2D eigenvalue weighted by molar-refractivity contribution is 6.09. The van der Waals surface area contributed by atoms with E-state index in [4.69, 9.17) is 0 Å². The fraction of sp³-hybridized carbons (Fsp3) is 0.211. The summed E-state index contributed by atoms with van der Waals surface area (Å²) in [7, 11) is 1.95. The third-order valence-corrected chi connectivity index (χ3v) is 3.99. The molecule has 0 aliphatic carbocycles. The van der Waals surface area contributed by atoms with E-state index in [1.165, 1.54) is 12.1 Å². The number of nitrogens with one attached hydrogen (secondary N) is 1. The van der Waals surface area contributed by atoms with E-state index in [1.807, 2.05) is 42.1 Å². The van der Waals surface area contributed by atoms with Crippen molar-refractivity contribution >= 4 is 16.7 Å². The van der Waals surface area contributed by atoms with Gasteiger partial charge in [-0.1, -0.05) is 30.3 Å². The van der Waals surface area contributed by atoms with Gasteiger partial charge in [0, 0.05) is 29.7 Å². The Morgan fingerprint density at radius 2 is 1.87 bits per heavy atom. The monoisotopic (exact) mass is 310 g/mol. The van der Waals surface area contributed by atoms with Crippen LogP contribution in [0.4, 0.5) is 4.39 Å². The second-order valence-corrected chi connectivity index (χ2v) is 5.65. The second kappa shape index (κ2) is 6.75. The first-order valence-electron chi connectivity index (χ1n) is 7.67. The smallest absolute Gasteiger partial charge is 0.178 e. The van der Waals surface area contributed by atoms with Crippen LogP contribution >= 0.6 is 0 Å². The van der Waals surface area contributed by atoms with Crippen LogP contribution in [0, 0.1) is 5.82 Å². The van der Waals surface area contributed by atoms with Gasteiger partial charge in [-0.3, -0.25) is 4.79 Å². The Morgan fingerprint density at radius 1 is 1.13 bits per heavy atom. The van der Waals surface area contributed by atoms with Crippen molar-refractivity contribution in [2.45, 2.75) is 6.42 Å². The molecule has 0 saturated carbocycles. The second-order valence-electron chi connectivity index (χ2n) is 5.65. The van der Waals surface area contributed by atoms with Crippen LogP contribution in [-0.4, -0.2) is 23.4 Å². The van der Waals surface area contributed by atoms with Crippen LogP contribution in [0.1, 0.15) is 15.9 Å². The summed E-state index contributed by atoms with van der Waals surface area (Å²) in [6.07, 6.45) is 2.65. The van der Waals surface area contributed by atoms with Crippen molar-refractivity contribution < 1.29 is 9.18 Å².